The van der Waals surface area contributed by atoms with Crippen molar-refractivity contribution in [1.82, 2.24) is 9.88 Å². The van der Waals surface area contributed by atoms with Crippen molar-refractivity contribution in [2.75, 3.05) is 13.1 Å². The monoisotopic (exact) mass is 262 g/mol. The summed E-state index contributed by atoms with van der Waals surface area (Å²) in [6.45, 7) is 7.52. The molecule has 0 saturated carbocycles. The van der Waals surface area contributed by atoms with E-state index in [9.17, 15) is 0 Å². The minimum atomic E-state index is 0.371. The Morgan fingerprint density at radius 3 is 2.53 bits per heavy atom. The maximum absolute atomic E-state index is 6.01. The van der Waals surface area contributed by atoms with Gasteiger partial charge in [0.05, 0.1) is 17.9 Å². The van der Waals surface area contributed by atoms with Crippen LogP contribution < -0.4 is 0 Å². The molecule has 0 N–H and O–H groups in total. The first-order valence-electron chi connectivity index (χ1n) is 7.53. The lowest BCUT2D eigenvalue weighted by Gasteiger charge is -2.18. The van der Waals surface area contributed by atoms with Gasteiger partial charge in [-0.15, -0.1) is 0 Å². The Labute approximate surface area is 114 Å². The van der Waals surface area contributed by atoms with E-state index in [1.165, 1.54) is 25.9 Å². The molecule has 104 valence electrons. The van der Waals surface area contributed by atoms with Crippen molar-refractivity contribution in [3.63, 3.8) is 0 Å². The molecule has 19 heavy (non-hydrogen) atoms. The van der Waals surface area contributed by atoms with Gasteiger partial charge < -0.3 is 9.15 Å². The van der Waals surface area contributed by atoms with E-state index in [1.807, 2.05) is 6.26 Å². The number of fused-ring (bicyclic) bond motifs is 5. The summed E-state index contributed by atoms with van der Waals surface area (Å²) < 4.78 is 11.5. The van der Waals surface area contributed by atoms with Gasteiger partial charge in [0.15, 0.2) is 5.89 Å². The highest BCUT2D eigenvalue weighted by molar-refractivity contribution is 5.05. The van der Waals surface area contributed by atoms with Crippen molar-refractivity contribution in [2.24, 2.45) is 11.8 Å². The molecule has 4 heterocycles. The lowest BCUT2D eigenvalue weighted by atomic mass is 9.82. The van der Waals surface area contributed by atoms with Gasteiger partial charge in [0.25, 0.3) is 0 Å². The average molecular weight is 262 g/mol. The van der Waals surface area contributed by atoms with Crippen LogP contribution in [0.25, 0.3) is 0 Å². The van der Waals surface area contributed by atoms with Crippen LogP contribution in [-0.4, -0.2) is 35.2 Å². The average Bonchev–Trinajstić information content (AvgIpc) is 3.10. The normalized spacial score (nSPS) is 37.4. The Morgan fingerprint density at radius 2 is 1.95 bits per heavy atom. The fourth-order valence-corrected chi connectivity index (χ4v) is 4.07. The zero-order chi connectivity index (χ0) is 13.0. The molecule has 4 rings (SSSR count). The largest absolute Gasteiger partial charge is 0.448 e. The minimum Gasteiger partial charge on any atom is -0.448 e. The number of rotatable bonds is 3. The molecule has 3 aliphatic heterocycles. The van der Waals surface area contributed by atoms with Gasteiger partial charge in [-0.1, -0.05) is 13.8 Å². The van der Waals surface area contributed by atoms with Gasteiger partial charge in [-0.3, -0.25) is 4.90 Å². The molecule has 2 bridgehead atoms. The van der Waals surface area contributed by atoms with E-state index in [4.69, 9.17) is 9.15 Å². The highest BCUT2D eigenvalue weighted by Crippen LogP contribution is 2.47. The van der Waals surface area contributed by atoms with Crippen molar-refractivity contribution >= 4 is 0 Å². The number of likely N-dealkylation sites (tertiary alicyclic amines) is 1. The van der Waals surface area contributed by atoms with Gasteiger partial charge in [0.1, 0.15) is 6.26 Å². The lowest BCUT2D eigenvalue weighted by molar-refractivity contribution is 0.0695. The summed E-state index contributed by atoms with van der Waals surface area (Å²) in [5, 5.41) is 0. The summed E-state index contributed by atoms with van der Waals surface area (Å²) in [5.41, 5.74) is 1.08. The van der Waals surface area contributed by atoms with Crippen LogP contribution in [0.5, 0.6) is 0 Å². The predicted molar refractivity (Wildman–Crippen MR) is 70.7 cm³/mol. The van der Waals surface area contributed by atoms with Crippen LogP contribution in [0.1, 0.15) is 44.2 Å². The van der Waals surface area contributed by atoms with Crippen molar-refractivity contribution in [1.29, 1.82) is 0 Å². The second-order valence-electron chi connectivity index (χ2n) is 6.64. The number of aromatic nitrogens is 1. The van der Waals surface area contributed by atoms with Crippen LogP contribution >= 0.6 is 0 Å². The molecule has 3 fully saturated rings. The number of nitrogens with zero attached hydrogens (tertiary/aromatic N) is 2. The third-order valence-electron chi connectivity index (χ3n) is 4.98. The molecule has 1 aromatic rings. The Kier molecular flexibility index (Phi) is 2.71. The molecular formula is C15H22N2O2. The molecule has 1 aromatic heterocycles. The molecule has 4 heteroatoms. The standard InChI is InChI=1S/C15H22N2O2/c1-9(2)15-16-10(8-18-15)5-17-6-11-12(7-17)14-4-3-13(11)19-14/h8-9,11-14H,3-7H2,1-2H3/t11-,12+,13+,14-. The summed E-state index contributed by atoms with van der Waals surface area (Å²) in [5.74, 6) is 2.78. The molecule has 0 aromatic carbocycles. The fraction of sp³-hybridized carbons (Fsp3) is 0.800. The third kappa shape index (κ3) is 1.93. The summed E-state index contributed by atoms with van der Waals surface area (Å²) >= 11 is 0. The third-order valence-corrected chi connectivity index (χ3v) is 4.98. The first kappa shape index (κ1) is 11.9. The van der Waals surface area contributed by atoms with Crippen LogP contribution in [0, 0.1) is 11.8 Å². The van der Waals surface area contributed by atoms with Gasteiger partial charge in [0.2, 0.25) is 0 Å². The van der Waals surface area contributed by atoms with Gasteiger partial charge in [-0.05, 0) is 12.8 Å². The molecular weight excluding hydrogens is 240 g/mol. The SMILES string of the molecule is CC(C)c1nc(CN2C[C@@H]3[C@H](C2)[C@H]2CC[C@@H]3O2)co1. The van der Waals surface area contributed by atoms with Crippen molar-refractivity contribution in [3.05, 3.63) is 17.8 Å². The van der Waals surface area contributed by atoms with E-state index in [1.54, 1.807) is 0 Å². The van der Waals surface area contributed by atoms with Crippen molar-refractivity contribution in [2.45, 2.75) is 51.4 Å². The quantitative estimate of drug-likeness (QED) is 0.838. The lowest BCUT2D eigenvalue weighted by Crippen LogP contribution is -2.24. The van der Waals surface area contributed by atoms with E-state index < -0.39 is 0 Å². The molecule has 0 radical (unpaired) electrons. The second-order valence-corrected chi connectivity index (χ2v) is 6.64. The molecule has 0 spiro atoms. The minimum absolute atomic E-state index is 0.371. The number of oxazole rings is 1. The number of ether oxygens (including phenoxy) is 1. The number of hydrogen-bond donors (Lipinski definition) is 0. The van der Waals surface area contributed by atoms with E-state index in [-0.39, 0.29) is 0 Å². The Bertz CT molecular complexity index is 452. The molecule has 0 unspecified atom stereocenters. The van der Waals surface area contributed by atoms with Crippen LogP contribution in [0.3, 0.4) is 0 Å². The van der Waals surface area contributed by atoms with Gasteiger partial charge in [0, 0.05) is 37.4 Å². The summed E-state index contributed by atoms with van der Waals surface area (Å²) in [6, 6.07) is 0. The first-order valence-corrected chi connectivity index (χ1v) is 7.53. The first-order chi connectivity index (χ1) is 9.20. The van der Waals surface area contributed by atoms with Gasteiger partial charge >= 0.3 is 0 Å². The van der Waals surface area contributed by atoms with Crippen molar-refractivity contribution in [3.8, 4) is 0 Å². The highest BCUT2D eigenvalue weighted by Gasteiger charge is 2.52. The zero-order valence-electron chi connectivity index (χ0n) is 11.7. The Morgan fingerprint density at radius 1 is 1.26 bits per heavy atom. The van der Waals surface area contributed by atoms with E-state index in [0.29, 0.717) is 18.1 Å². The molecule has 0 amide bonds. The molecule has 3 aliphatic rings. The van der Waals surface area contributed by atoms with E-state index in [0.717, 1.165) is 30.0 Å². The Balaban J connectivity index is 1.42. The summed E-state index contributed by atoms with van der Waals surface area (Å²) in [7, 11) is 0. The van der Waals surface area contributed by atoms with Gasteiger partial charge in [-0.2, -0.15) is 0 Å². The molecule has 0 aliphatic carbocycles. The summed E-state index contributed by atoms with van der Waals surface area (Å²) in [6.07, 6.45) is 5.48. The maximum Gasteiger partial charge on any atom is 0.196 e. The molecule has 4 nitrogen and oxygen atoms in total. The smallest absolute Gasteiger partial charge is 0.196 e. The van der Waals surface area contributed by atoms with E-state index in [2.05, 4.69) is 23.7 Å². The second kappa shape index (κ2) is 4.32. The fourth-order valence-electron chi connectivity index (χ4n) is 4.07. The zero-order valence-corrected chi connectivity index (χ0v) is 11.7. The van der Waals surface area contributed by atoms with Crippen LogP contribution in [-0.2, 0) is 11.3 Å². The van der Waals surface area contributed by atoms with Gasteiger partial charge in [-0.25, -0.2) is 4.98 Å². The van der Waals surface area contributed by atoms with E-state index >= 15 is 0 Å². The maximum atomic E-state index is 6.01. The highest BCUT2D eigenvalue weighted by atomic mass is 16.5. The number of hydrogen-bond acceptors (Lipinski definition) is 4. The van der Waals surface area contributed by atoms with Crippen LogP contribution in [0.2, 0.25) is 0 Å². The van der Waals surface area contributed by atoms with Crippen LogP contribution in [0.4, 0.5) is 0 Å². The molecule has 3 saturated heterocycles. The topological polar surface area (TPSA) is 38.5 Å². The Hall–Kier alpha value is -0.870. The van der Waals surface area contributed by atoms with Crippen LogP contribution in [0.15, 0.2) is 10.7 Å². The predicted octanol–water partition coefficient (Wildman–Crippen LogP) is 2.41. The summed E-state index contributed by atoms with van der Waals surface area (Å²) in [4.78, 5) is 7.11. The molecule has 4 atom stereocenters. The van der Waals surface area contributed by atoms with Crippen molar-refractivity contribution < 1.29 is 9.15 Å².